The summed E-state index contributed by atoms with van der Waals surface area (Å²) < 4.78 is 38.6. The fraction of sp³-hybridized carbons (Fsp3) is 0.250. The van der Waals surface area contributed by atoms with E-state index in [9.17, 15) is 27.6 Å². The fourth-order valence-electron chi connectivity index (χ4n) is 2.50. The highest BCUT2D eigenvalue weighted by Gasteiger charge is 2.33. The Morgan fingerprint density at radius 1 is 1.03 bits per heavy atom. The predicted octanol–water partition coefficient (Wildman–Crippen LogP) is 4.42. The molecule has 0 spiro atoms. The number of hydrogen-bond acceptors (Lipinski definition) is 3. The quantitative estimate of drug-likeness (QED) is 0.666. The Balaban J connectivity index is 1.88. The molecule has 0 aliphatic rings. The average molecular weight is 427 g/mol. The molecular weight excluding hydrogens is 409 g/mol. The van der Waals surface area contributed by atoms with Gasteiger partial charge >= 0.3 is 6.18 Å². The topological polar surface area (TPSA) is 66.5 Å². The Labute approximate surface area is 170 Å². The third-order valence-electron chi connectivity index (χ3n) is 4.02. The molecule has 2 aromatic rings. The van der Waals surface area contributed by atoms with Crippen molar-refractivity contribution in [1.29, 1.82) is 0 Å². The van der Waals surface area contributed by atoms with Gasteiger partial charge in [-0.05, 0) is 18.2 Å². The summed E-state index contributed by atoms with van der Waals surface area (Å²) in [6, 6.07) is 11.5. The zero-order valence-electron chi connectivity index (χ0n) is 15.4. The van der Waals surface area contributed by atoms with Crippen molar-refractivity contribution in [2.45, 2.75) is 19.0 Å². The lowest BCUT2D eigenvalue weighted by Crippen LogP contribution is -2.35. The summed E-state index contributed by atoms with van der Waals surface area (Å²) in [5.41, 5.74) is -0.670. The molecule has 0 radical (unpaired) electrons. The lowest BCUT2D eigenvalue weighted by molar-refractivity contribution is -0.137. The van der Waals surface area contributed by atoms with Crippen molar-refractivity contribution in [3.8, 4) is 0 Å². The lowest BCUT2D eigenvalue weighted by atomic mass is 10.1. The molecule has 0 bridgehead atoms. The SMILES string of the molecule is CN(CC(=O)Nc1ccc(Cl)c(C(F)(F)F)c1)C(=O)CCC(=O)c1ccccc1. The van der Waals surface area contributed by atoms with Crippen molar-refractivity contribution < 1.29 is 27.6 Å². The molecule has 2 amide bonds. The van der Waals surface area contributed by atoms with E-state index in [4.69, 9.17) is 11.6 Å². The zero-order chi connectivity index (χ0) is 21.6. The first-order valence-electron chi connectivity index (χ1n) is 8.56. The first-order valence-corrected chi connectivity index (χ1v) is 8.94. The highest BCUT2D eigenvalue weighted by atomic mass is 35.5. The summed E-state index contributed by atoms with van der Waals surface area (Å²) in [5, 5.41) is 1.82. The van der Waals surface area contributed by atoms with Crippen LogP contribution >= 0.6 is 11.6 Å². The summed E-state index contributed by atoms with van der Waals surface area (Å²) in [7, 11) is 1.37. The molecule has 2 aromatic carbocycles. The van der Waals surface area contributed by atoms with Crippen LogP contribution in [-0.2, 0) is 15.8 Å². The highest BCUT2D eigenvalue weighted by Crippen LogP contribution is 2.36. The Morgan fingerprint density at radius 2 is 1.69 bits per heavy atom. The number of rotatable bonds is 7. The molecule has 0 aliphatic heterocycles. The van der Waals surface area contributed by atoms with Crippen molar-refractivity contribution in [3.05, 3.63) is 64.7 Å². The van der Waals surface area contributed by atoms with Crippen LogP contribution in [0.5, 0.6) is 0 Å². The van der Waals surface area contributed by atoms with Crippen LogP contribution in [0.1, 0.15) is 28.8 Å². The van der Waals surface area contributed by atoms with E-state index in [0.717, 1.165) is 17.0 Å². The first-order chi connectivity index (χ1) is 13.6. The third-order valence-corrected chi connectivity index (χ3v) is 4.35. The van der Waals surface area contributed by atoms with Gasteiger partial charge in [-0.2, -0.15) is 13.2 Å². The number of nitrogens with one attached hydrogen (secondary N) is 1. The van der Waals surface area contributed by atoms with Gasteiger partial charge in [0.15, 0.2) is 5.78 Å². The third kappa shape index (κ3) is 6.60. The van der Waals surface area contributed by atoms with Gasteiger partial charge in [0.25, 0.3) is 0 Å². The number of carbonyl (C=O) groups is 3. The number of alkyl halides is 3. The fourth-order valence-corrected chi connectivity index (χ4v) is 2.73. The van der Waals surface area contributed by atoms with Crippen LogP contribution in [0.3, 0.4) is 0 Å². The molecule has 0 fully saturated rings. The average Bonchev–Trinajstić information content (AvgIpc) is 2.67. The van der Waals surface area contributed by atoms with E-state index < -0.39 is 28.6 Å². The Morgan fingerprint density at radius 3 is 2.31 bits per heavy atom. The molecule has 9 heteroatoms. The molecule has 5 nitrogen and oxygen atoms in total. The van der Waals surface area contributed by atoms with Crippen LogP contribution in [0.15, 0.2) is 48.5 Å². The second kappa shape index (κ2) is 9.56. The summed E-state index contributed by atoms with van der Waals surface area (Å²) >= 11 is 5.53. The zero-order valence-corrected chi connectivity index (χ0v) is 16.2. The molecule has 0 aliphatic carbocycles. The van der Waals surface area contributed by atoms with E-state index in [-0.39, 0.29) is 30.9 Å². The molecule has 0 unspecified atom stereocenters. The maximum Gasteiger partial charge on any atom is 0.417 e. The molecule has 0 saturated heterocycles. The van der Waals surface area contributed by atoms with Gasteiger partial charge in [-0.15, -0.1) is 0 Å². The summed E-state index contributed by atoms with van der Waals surface area (Å²) in [4.78, 5) is 37.3. The van der Waals surface area contributed by atoms with Crippen LogP contribution in [-0.4, -0.2) is 36.1 Å². The standard InChI is InChI=1S/C20H18ClF3N2O3/c1-26(19(29)10-9-17(27)13-5-3-2-4-6-13)12-18(28)25-14-7-8-16(21)15(11-14)20(22,23)24/h2-8,11H,9-10,12H2,1H3,(H,25,28). The second-order valence-corrected chi connectivity index (χ2v) is 6.69. The number of ketones is 1. The van der Waals surface area contributed by atoms with Gasteiger partial charge < -0.3 is 10.2 Å². The van der Waals surface area contributed by atoms with Gasteiger partial charge in [0.2, 0.25) is 11.8 Å². The Kier molecular flexibility index (Phi) is 7.39. The van der Waals surface area contributed by atoms with Gasteiger partial charge in [-0.3, -0.25) is 14.4 Å². The van der Waals surface area contributed by atoms with Gasteiger partial charge in [-0.1, -0.05) is 41.9 Å². The van der Waals surface area contributed by atoms with Crippen molar-refractivity contribution >= 4 is 34.9 Å². The van der Waals surface area contributed by atoms with Crippen LogP contribution in [0, 0.1) is 0 Å². The van der Waals surface area contributed by atoms with Crippen molar-refractivity contribution in [1.82, 2.24) is 4.90 Å². The van der Waals surface area contributed by atoms with Crippen LogP contribution < -0.4 is 5.32 Å². The minimum absolute atomic E-state index is 0.0130. The number of Topliss-reactive ketones (excluding diaryl/α,β-unsaturated/α-hetero) is 1. The highest BCUT2D eigenvalue weighted by molar-refractivity contribution is 6.31. The smallest absolute Gasteiger partial charge is 0.336 e. The molecule has 29 heavy (non-hydrogen) atoms. The maximum absolute atomic E-state index is 12.9. The van der Waals surface area contributed by atoms with Crippen LogP contribution in [0.4, 0.5) is 18.9 Å². The minimum Gasteiger partial charge on any atom is -0.336 e. The van der Waals surface area contributed by atoms with Gasteiger partial charge in [-0.25, -0.2) is 0 Å². The van der Waals surface area contributed by atoms with E-state index in [2.05, 4.69) is 5.32 Å². The van der Waals surface area contributed by atoms with Gasteiger partial charge in [0.05, 0.1) is 17.1 Å². The van der Waals surface area contributed by atoms with E-state index in [1.165, 1.54) is 13.1 Å². The summed E-state index contributed by atoms with van der Waals surface area (Å²) in [6.07, 6.45) is -4.76. The second-order valence-electron chi connectivity index (χ2n) is 6.28. The van der Waals surface area contributed by atoms with E-state index in [1.807, 2.05) is 0 Å². The number of likely N-dealkylation sites (N-methyl/N-ethyl adjacent to an activating group) is 1. The Hall–Kier alpha value is -2.87. The number of hydrogen-bond donors (Lipinski definition) is 1. The largest absolute Gasteiger partial charge is 0.417 e. The van der Waals surface area contributed by atoms with Gasteiger partial charge in [0.1, 0.15) is 0 Å². The molecule has 0 heterocycles. The molecular formula is C20H18ClF3N2O3. The van der Waals surface area contributed by atoms with Crippen LogP contribution in [0.25, 0.3) is 0 Å². The first kappa shape index (κ1) is 22.4. The van der Waals surface area contributed by atoms with E-state index in [0.29, 0.717) is 5.56 Å². The monoisotopic (exact) mass is 426 g/mol. The van der Waals surface area contributed by atoms with Crippen molar-refractivity contribution in [3.63, 3.8) is 0 Å². The number of amides is 2. The lowest BCUT2D eigenvalue weighted by Gasteiger charge is -2.17. The predicted molar refractivity (Wildman–Crippen MR) is 103 cm³/mol. The number of anilines is 1. The summed E-state index contributed by atoms with van der Waals surface area (Å²) in [5.74, 6) is -1.31. The van der Waals surface area contributed by atoms with Crippen LogP contribution in [0.2, 0.25) is 5.02 Å². The number of carbonyl (C=O) groups excluding carboxylic acids is 3. The molecule has 0 atom stereocenters. The number of halogens is 4. The van der Waals surface area contributed by atoms with E-state index >= 15 is 0 Å². The normalized spacial score (nSPS) is 11.1. The summed E-state index contributed by atoms with van der Waals surface area (Å²) in [6.45, 7) is -0.373. The maximum atomic E-state index is 12.9. The molecule has 1 N–H and O–H groups in total. The minimum atomic E-state index is -4.66. The number of benzene rings is 2. The molecule has 2 rings (SSSR count). The van der Waals surface area contributed by atoms with Crippen molar-refractivity contribution in [2.24, 2.45) is 0 Å². The van der Waals surface area contributed by atoms with Crippen molar-refractivity contribution in [2.75, 3.05) is 18.9 Å². The van der Waals surface area contributed by atoms with E-state index in [1.54, 1.807) is 30.3 Å². The molecule has 154 valence electrons. The Bertz CT molecular complexity index is 902. The molecule has 0 aromatic heterocycles. The number of nitrogens with zero attached hydrogens (tertiary/aromatic N) is 1. The van der Waals surface area contributed by atoms with Gasteiger partial charge in [0, 0.05) is 31.1 Å². The molecule has 0 saturated carbocycles.